The van der Waals surface area contributed by atoms with Crippen LogP contribution >= 0.6 is 0 Å². The summed E-state index contributed by atoms with van der Waals surface area (Å²) in [7, 11) is 0. The average molecular weight is 390 g/mol. The Balaban J connectivity index is 1.69. The fourth-order valence-corrected chi connectivity index (χ4v) is 3.63. The first-order valence-corrected chi connectivity index (χ1v) is 9.84. The van der Waals surface area contributed by atoms with E-state index in [1.165, 1.54) is 0 Å². The molecule has 2 unspecified atom stereocenters. The van der Waals surface area contributed by atoms with Gasteiger partial charge in [-0.2, -0.15) is 0 Å². The number of aliphatic carboxylic acids is 1. The normalized spacial score (nSPS) is 13.2. The van der Waals surface area contributed by atoms with Crippen LogP contribution in [0.25, 0.3) is 10.8 Å². The average Bonchev–Trinajstić information content (AvgIpc) is 2.71. The number of hydrogen-bond acceptors (Lipinski definition) is 3. The number of nitrogens with one attached hydrogen (secondary N) is 1. The molecule has 2 aromatic carbocycles. The standard InChI is InChI=1S/C24H26N2O3/c1-16(2)22(20-8-5-11-25-14-20)23(27)26-15-21(24(28)29)13-17-9-10-18-6-3-4-7-19(18)12-17/h3-12,14,16,21-22H,13,15H2,1-2H3,(H,26,27)(H,28,29). The Hall–Kier alpha value is -3.21. The van der Waals surface area contributed by atoms with Crippen molar-refractivity contribution in [2.75, 3.05) is 6.54 Å². The van der Waals surface area contributed by atoms with Gasteiger partial charge in [-0.3, -0.25) is 14.6 Å². The van der Waals surface area contributed by atoms with Crippen molar-refractivity contribution in [3.63, 3.8) is 0 Å². The molecule has 1 amide bonds. The van der Waals surface area contributed by atoms with E-state index in [9.17, 15) is 14.7 Å². The van der Waals surface area contributed by atoms with Crippen LogP contribution in [0.5, 0.6) is 0 Å². The third-order valence-electron chi connectivity index (χ3n) is 5.16. The summed E-state index contributed by atoms with van der Waals surface area (Å²) >= 11 is 0. The lowest BCUT2D eigenvalue weighted by Crippen LogP contribution is -2.38. The fourth-order valence-electron chi connectivity index (χ4n) is 3.63. The van der Waals surface area contributed by atoms with Crippen LogP contribution in [0.15, 0.2) is 67.0 Å². The number of pyridine rings is 1. The second kappa shape index (κ2) is 9.32. The minimum Gasteiger partial charge on any atom is -0.481 e. The summed E-state index contributed by atoms with van der Waals surface area (Å²) in [6.45, 7) is 4.03. The van der Waals surface area contributed by atoms with E-state index in [1.54, 1.807) is 18.5 Å². The first kappa shape index (κ1) is 20.5. The van der Waals surface area contributed by atoms with Crippen molar-refractivity contribution in [1.82, 2.24) is 10.3 Å². The number of aromatic nitrogens is 1. The number of hydrogen-bond donors (Lipinski definition) is 2. The number of benzene rings is 2. The molecule has 0 saturated carbocycles. The van der Waals surface area contributed by atoms with Gasteiger partial charge in [0.15, 0.2) is 0 Å². The summed E-state index contributed by atoms with van der Waals surface area (Å²) in [6.07, 6.45) is 3.72. The van der Waals surface area contributed by atoms with E-state index in [1.807, 2.05) is 62.4 Å². The highest BCUT2D eigenvalue weighted by molar-refractivity contribution is 5.85. The first-order valence-electron chi connectivity index (χ1n) is 9.84. The molecule has 3 rings (SSSR count). The number of nitrogens with zero attached hydrogens (tertiary/aromatic N) is 1. The third-order valence-corrected chi connectivity index (χ3v) is 5.16. The number of carboxylic acid groups (broad SMARTS) is 1. The van der Waals surface area contributed by atoms with Gasteiger partial charge >= 0.3 is 5.97 Å². The monoisotopic (exact) mass is 390 g/mol. The Morgan fingerprint density at radius 2 is 1.79 bits per heavy atom. The molecule has 2 N–H and O–H groups in total. The second-order valence-electron chi connectivity index (χ2n) is 7.67. The molecule has 5 nitrogen and oxygen atoms in total. The number of rotatable bonds is 8. The van der Waals surface area contributed by atoms with Crippen LogP contribution in [0.4, 0.5) is 0 Å². The molecule has 0 aliphatic heterocycles. The summed E-state index contributed by atoms with van der Waals surface area (Å²) < 4.78 is 0. The van der Waals surface area contributed by atoms with E-state index in [4.69, 9.17) is 0 Å². The molecule has 3 aromatic rings. The molecule has 1 heterocycles. The summed E-state index contributed by atoms with van der Waals surface area (Å²) in [4.78, 5) is 28.7. The van der Waals surface area contributed by atoms with Crippen molar-refractivity contribution >= 4 is 22.6 Å². The van der Waals surface area contributed by atoms with E-state index in [0.717, 1.165) is 21.9 Å². The SMILES string of the molecule is CC(C)C(C(=O)NCC(Cc1ccc2ccccc2c1)C(=O)O)c1cccnc1. The van der Waals surface area contributed by atoms with Gasteiger partial charge in [0.25, 0.3) is 0 Å². The Bertz CT molecular complexity index is 986. The van der Waals surface area contributed by atoms with Gasteiger partial charge in [0.2, 0.25) is 5.91 Å². The molecule has 0 saturated heterocycles. The molecule has 150 valence electrons. The number of carbonyl (C=O) groups is 2. The van der Waals surface area contributed by atoms with Crippen molar-refractivity contribution in [3.8, 4) is 0 Å². The van der Waals surface area contributed by atoms with Crippen LogP contribution in [0.3, 0.4) is 0 Å². The zero-order valence-corrected chi connectivity index (χ0v) is 16.7. The van der Waals surface area contributed by atoms with Crippen LogP contribution in [-0.2, 0) is 16.0 Å². The van der Waals surface area contributed by atoms with Crippen molar-refractivity contribution in [2.24, 2.45) is 11.8 Å². The lowest BCUT2D eigenvalue weighted by Gasteiger charge is -2.22. The minimum atomic E-state index is -0.916. The van der Waals surface area contributed by atoms with Gasteiger partial charge in [0.05, 0.1) is 11.8 Å². The second-order valence-corrected chi connectivity index (χ2v) is 7.67. The van der Waals surface area contributed by atoms with Crippen LogP contribution in [0.1, 0.15) is 30.9 Å². The third kappa shape index (κ3) is 5.19. The summed E-state index contributed by atoms with van der Waals surface area (Å²) in [5, 5.41) is 14.7. The lowest BCUT2D eigenvalue weighted by molar-refractivity contribution is -0.141. The van der Waals surface area contributed by atoms with Gasteiger partial charge < -0.3 is 10.4 Å². The van der Waals surface area contributed by atoms with Crippen LogP contribution in [0.2, 0.25) is 0 Å². The van der Waals surface area contributed by atoms with Crippen LogP contribution in [-0.4, -0.2) is 28.5 Å². The van der Waals surface area contributed by atoms with E-state index >= 15 is 0 Å². The highest BCUT2D eigenvalue weighted by Crippen LogP contribution is 2.24. The first-order chi connectivity index (χ1) is 14.0. The number of carboxylic acids is 1. The van der Waals surface area contributed by atoms with E-state index in [-0.39, 0.29) is 24.3 Å². The molecule has 1 aromatic heterocycles. The number of fused-ring (bicyclic) bond motifs is 1. The van der Waals surface area contributed by atoms with Crippen molar-refractivity contribution in [1.29, 1.82) is 0 Å². The Morgan fingerprint density at radius 1 is 1.03 bits per heavy atom. The Morgan fingerprint density at radius 3 is 2.45 bits per heavy atom. The molecule has 0 radical (unpaired) electrons. The quantitative estimate of drug-likeness (QED) is 0.608. The zero-order chi connectivity index (χ0) is 20.8. The molecular weight excluding hydrogens is 364 g/mol. The van der Waals surface area contributed by atoms with Crippen LogP contribution in [0, 0.1) is 11.8 Å². The molecule has 29 heavy (non-hydrogen) atoms. The largest absolute Gasteiger partial charge is 0.481 e. The Labute approximate surface area is 170 Å². The maximum Gasteiger partial charge on any atom is 0.308 e. The maximum absolute atomic E-state index is 12.8. The molecule has 0 fully saturated rings. The maximum atomic E-state index is 12.8. The van der Waals surface area contributed by atoms with Crippen molar-refractivity contribution in [3.05, 3.63) is 78.1 Å². The molecule has 0 aliphatic rings. The Kier molecular flexibility index (Phi) is 6.60. The van der Waals surface area contributed by atoms with Crippen LogP contribution < -0.4 is 5.32 Å². The van der Waals surface area contributed by atoms with E-state index in [0.29, 0.717) is 6.42 Å². The van der Waals surface area contributed by atoms with Gasteiger partial charge in [-0.15, -0.1) is 0 Å². The molecule has 0 spiro atoms. The topological polar surface area (TPSA) is 79.3 Å². The van der Waals surface area contributed by atoms with Gasteiger partial charge in [-0.1, -0.05) is 62.4 Å². The molecule has 0 bridgehead atoms. The fraction of sp³-hybridized carbons (Fsp3) is 0.292. The molecule has 0 aliphatic carbocycles. The molecule has 5 heteroatoms. The molecular formula is C24H26N2O3. The minimum absolute atomic E-state index is 0.0722. The smallest absolute Gasteiger partial charge is 0.308 e. The summed E-state index contributed by atoms with van der Waals surface area (Å²) in [5.74, 6) is -2.07. The van der Waals surface area contributed by atoms with Gasteiger partial charge in [0.1, 0.15) is 0 Å². The van der Waals surface area contributed by atoms with Gasteiger partial charge in [0, 0.05) is 18.9 Å². The van der Waals surface area contributed by atoms with Crippen molar-refractivity contribution < 1.29 is 14.7 Å². The number of amides is 1. The summed E-state index contributed by atoms with van der Waals surface area (Å²) in [6, 6.07) is 17.6. The van der Waals surface area contributed by atoms with Crippen molar-refractivity contribution in [2.45, 2.75) is 26.2 Å². The highest BCUT2D eigenvalue weighted by Gasteiger charge is 2.26. The predicted molar refractivity (Wildman–Crippen MR) is 114 cm³/mol. The lowest BCUT2D eigenvalue weighted by atomic mass is 9.88. The van der Waals surface area contributed by atoms with E-state index < -0.39 is 11.9 Å². The highest BCUT2D eigenvalue weighted by atomic mass is 16.4. The van der Waals surface area contributed by atoms with Gasteiger partial charge in [-0.05, 0) is 40.3 Å². The summed E-state index contributed by atoms with van der Waals surface area (Å²) in [5.41, 5.74) is 1.78. The zero-order valence-electron chi connectivity index (χ0n) is 16.7. The van der Waals surface area contributed by atoms with Gasteiger partial charge in [-0.25, -0.2) is 0 Å². The number of carbonyl (C=O) groups excluding carboxylic acids is 1. The van der Waals surface area contributed by atoms with E-state index in [2.05, 4.69) is 10.3 Å². The molecule has 2 atom stereocenters. The predicted octanol–water partition coefficient (Wildman–Crippen LogP) is 4.03.